The van der Waals surface area contributed by atoms with Crippen LogP contribution in [0.1, 0.15) is 24.8 Å². The Balaban J connectivity index is 2.11. The maximum absolute atomic E-state index is 9.13. The summed E-state index contributed by atoms with van der Waals surface area (Å²) in [5.74, 6) is 0.662. The summed E-state index contributed by atoms with van der Waals surface area (Å²) in [5, 5.41) is 9.13. The SMILES string of the molecule is COc1ncccc1CN1CCCCC1C#N. The van der Waals surface area contributed by atoms with Crippen LogP contribution >= 0.6 is 0 Å². The van der Waals surface area contributed by atoms with Crippen LogP contribution in [0.25, 0.3) is 0 Å². The number of rotatable bonds is 3. The summed E-state index contributed by atoms with van der Waals surface area (Å²) in [7, 11) is 1.63. The minimum atomic E-state index is 0.0358. The molecule has 0 aliphatic carbocycles. The summed E-state index contributed by atoms with van der Waals surface area (Å²) in [5.41, 5.74) is 1.05. The zero-order valence-electron chi connectivity index (χ0n) is 10.1. The average Bonchev–Trinajstić information content (AvgIpc) is 2.40. The number of nitriles is 1. The van der Waals surface area contributed by atoms with Crippen molar-refractivity contribution in [1.29, 1.82) is 5.26 Å². The highest BCUT2D eigenvalue weighted by molar-refractivity contribution is 5.25. The van der Waals surface area contributed by atoms with Crippen molar-refractivity contribution < 1.29 is 4.74 Å². The van der Waals surface area contributed by atoms with E-state index in [4.69, 9.17) is 10.00 Å². The minimum absolute atomic E-state index is 0.0358. The van der Waals surface area contributed by atoms with Gasteiger partial charge in [-0.3, -0.25) is 4.90 Å². The number of pyridine rings is 1. The molecule has 0 bridgehead atoms. The lowest BCUT2D eigenvalue weighted by atomic mass is 10.0. The highest BCUT2D eigenvalue weighted by atomic mass is 16.5. The molecule has 0 aromatic carbocycles. The number of piperidine rings is 1. The van der Waals surface area contributed by atoms with E-state index in [9.17, 15) is 0 Å². The van der Waals surface area contributed by atoms with E-state index in [-0.39, 0.29) is 6.04 Å². The fourth-order valence-electron chi connectivity index (χ4n) is 2.27. The van der Waals surface area contributed by atoms with Crippen LogP contribution in [-0.2, 0) is 6.54 Å². The molecule has 1 aliphatic rings. The number of hydrogen-bond acceptors (Lipinski definition) is 4. The zero-order chi connectivity index (χ0) is 12.1. The van der Waals surface area contributed by atoms with E-state index in [1.165, 1.54) is 6.42 Å². The second-order valence-corrected chi connectivity index (χ2v) is 4.28. The summed E-state index contributed by atoms with van der Waals surface area (Å²) >= 11 is 0. The molecule has 0 N–H and O–H groups in total. The van der Waals surface area contributed by atoms with Gasteiger partial charge < -0.3 is 4.74 Å². The maximum Gasteiger partial charge on any atom is 0.217 e. The van der Waals surface area contributed by atoms with E-state index in [2.05, 4.69) is 16.0 Å². The molecule has 2 heterocycles. The molecule has 0 saturated carbocycles. The smallest absolute Gasteiger partial charge is 0.217 e. The van der Waals surface area contributed by atoms with E-state index in [1.807, 2.05) is 12.1 Å². The van der Waals surface area contributed by atoms with Gasteiger partial charge >= 0.3 is 0 Å². The number of methoxy groups -OCH3 is 1. The number of ether oxygens (including phenoxy) is 1. The van der Waals surface area contributed by atoms with Crippen LogP contribution in [0.3, 0.4) is 0 Å². The Morgan fingerprint density at radius 2 is 2.47 bits per heavy atom. The standard InChI is InChI=1S/C13H17N3O/c1-17-13-11(5-4-7-15-13)10-16-8-3-2-6-12(16)9-14/h4-5,7,12H,2-3,6,8,10H2,1H3. The van der Waals surface area contributed by atoms with Gasteiger partial charge in [-0.15, -0.1) is 0 Å². The lowest BCUT2D eigenvalue weighted by Crippen LogP contribution is -2.37. The summed E-state index contributed by atoms with van der Waals surface area (Å²) in [6.07, 6.45) is 5.01. The van der Waals surface area contributed by atoms with Gasteiger partial charge in [0, 0.05) is 18.3 Å². The van der Waals surface area contributed by atoms with E-state index in [1.54, 1.807) is 13.3 Å². The topological polar surface area (TPSA) is 49.1 Å². The van der Waals surface area contributed by atoms with Crippen molar-refractivity contribution in [3.63, 3.8) is 0 Å². The van der Waals surface area contributed by atoms with Crippen LogP contribution < -0.4 is 4.74 Å². The maximum atomic E-state index is 9.13. The highest BCUT2D eigenvalue weighted by Crippen LogP contribution is 2.22. The first-order chi connectivity index (χ1) is 8.35. The molecular formula is C13H17N3O. The van der Waals surface area contributed by atoms with Gasteiger partial charge in [-0.2, -0.15) is 5.26 Å². The van der Waals surface area contributed by atoms with E-state index in [0.717, 1.165) is 31.5 Å². The van der Waals surface area contributed by atoms with Gasteiger partial charge in [0.2, 0.25) is 5.88 Å². The molecule has 90 valence electrons. The average molecular weight is 231 g/mol. The van der Waals surface area contributed by atoms with Gasteiger partial charge in [-0.05, 0) is 31.9 Å². The Morgan fingerprint density at radius 3 is 3.24 bits per heavy atom. The molecular weight excluding hydrogens is 214 g/mol. The third kappa shape index (κ3) is 2.75. The van der Waals surface area contributed by atoms with Gasteiger partial charge in [0.1, 0.15) is 0 Å². The van der Waals surface area contributed by atoms with E-state index < -0.39 is 0 Å². The highest BCUT2D eigenvalue weighted by Gasteiger charge is 2.22. The number of likely N-dealkylation sites (tertiary alicyclic amines) is 1. The van der Waals surface area contributed by atoms with Crippen LogP contribution in [-0.4, -0.2) is 29.6 Å². The van der Waals surface area contributed by atoms with Gasteiger partial charge in [0.05, 0.1) is 19.2 Å². The van der Waals surface area contributed by atoms with Gasteiger partial charge in [0.15, 0.2) is 0 Å². The number of hydrogen-bond donors (Lipinski definition) is 0. The zero-order valence-corrected chi connectivity index (χ0v) is 10.1. The Labute approximate surface area is 102 Å². The lowest BCUT2D eigenvalue weighted by Gasteiger charge is -2.31. The molecule has 1 fully saturated rings. The third-order valence-electron chi connectivity index (χ3n) is 3.18. The molecule has 0 spiro atoms. The Kier molecular flexibility index (Phi) is 3.94. The first-order valence-corrected chi connectivity index (χ1v) is 5.96. The van der Waals surface area contributed by atoms with Gasteiger partial charge in [-0.25, -0.2) is 4.98 Å². The van der Waals surface area contributed by atoms with Gasteiger partial charge in [-0.1, -0.05) is 6.07 Å². The summed E-state index contributed by atoms with van der Waals surface area (Å²) in [4.78, 5) is 6.39. The minimum Gasteiger partial charge on any atom is -0.481 e. The van der Waals surface area contributed by atoms with E-state index in [0.29, 0.717) is 5.88 Å². The van der Waals surface area contributed by atoms with Crippen molar-refractivity contribution in [3.05, 3.63) is 23.9 Å². The second kappa shape index (κ2) is 5.65. The molecule has 1 aromatic rings. The molecule has 1 unspecified atom stereocenters. The molecule has 0 amide bonds. The Morgan fingerprint density at radius 1 is 1.59 bits per heavy atom. The predicted octanol–water partition coefficient (Wildman–Crippen LogP) is 1.97. The molecule has 1 aromatic heterocycles. The molecule has 4 nitrogen and oxygen atoms in total. The molecule has 4 heteroatoms. The molecule has 2 rings (SSSR count). The monoisotopic (exact) mass is 231 g/mol. The first-order valence-electron chi connectivity index (χ1n) is 5.96. The Bertz CT molecular complexity index is 413. The van der Waals surface area contributed by atoms with Crippen molar-refractivity contribution in [2.45, 2.75) is 31.8 Å². The van der Waals surface area contributed by atoms with Crippen LogP contribution in [0.4, 0.5) is 0 Å². The number of aromatic nitrogens is 1. The summed E-state index contributed by atoms with van der Waals surface area (Å²) < 4.78 is 5.24. The number of nitrogens with zero attached hydrogens (tertiary/aromatic N) is 3. The molecule has 17 heavy (non-hydrogen) atoms. The fourth-order valence-corrected chi connectivity index (χ4v) is 2.27. The molecule has 1 aliphatic heterocycles. The van der Waals surface area contributed by atoms with Crippen molar-refractivity contribution in [2.75, 3.05) is 13.7 Å². The predicted molar refractivity (Wildman–Crippen MR) is 64.5 cm³/mol. The first kappa shape index (κ1) is 11.9. The summed E-state index contributed by atoms with van der Waals surface area (Å²) in [6, 6.07) is 6.33. The molecule has 0 radical (unpaired) electrons. The van der Waals surface area contributed by atoms with Crippen molar-refractivity contribution in [3.8, 4) is 11.9 Å². The largest absolute Gasteiger partial charge is 0.481 e. The van der Waals surface area contributed by atoms with Crippen LogP contribution in [0, 0.1) is 11.3 Å². The van der Waals surface area contributed by atoms with E-state index >= 15 is 0 Å². The summed E-state index contributed by atoms with van der Waals surface area (Å²) in [6.45, 7) is 1.73. The fraction of sp³-hybridized carbons (Fsp3) is 0.538. The van der Waals surface area contributed by atoms with Crippen molar-refractivity contribution >= 4 is 0 Å². The Hall–Kier alpha value is -1.60. The quantitative estimate of drug-likeness (QED) is 0.798. The van der Waals surface area contributed by atoms with Crippen LogP contribution in [0.5, 0.6) is 5.88 Å². The lowest BCUT2D eigenvalue weighted by molar-refractivity contribution is 0.174. The third-order valence-corrected chi connectivity index (χ3v) is 3.18. The molecule has 1 saturated heterocycles. The van der Waals surface area contributed by atoms with Crippen LogP contribution in [0.15, 0.2) is 18.3 Å². The second-order valence-electron chi connectivity index (χ2n) is 4.28. The van der Waals surface area contributed by atoms with Crippen LogP contribution in [0.2, 0.25) is 0 Å². The van der Waals surface area contributed by atoms with Crippen molar-refractivity contribution in [2.24, 2.45) is 0 Å². The van der Waals surface area contributed by atoms with Crippen molar-refractivity contribution in [1.82, 2.24) is 9.88 Å². The van der Waals surface area contributed by atoms with Gasteiger partial charge in [0.25, 0.3) is 0 Å². The molecule has 1 atom stereocenters. The normalized spacial score (nSPS) is 20.8.